The zero-order valence-electron chi connectivity index (χ0n) is 29.2. The van der Waals surface area contributed by atoms with Crippen LogP contribution in [0.5, 0.6) is 0 Å². The largest absolute Gasteiger partial charge is 0.481 e. The molecule has 3 heterocycles. The van der Waals surface area contributed by atoms with E-state index in [0.717, 1.165) is 0 Å². The first kappa shape index (κ1) is 42.6. The Hall–Kier alpha value is -4.19. The number of phosphoric ester groups is 1. The Morgan fingerprint density at radius 1 is 1.06 bits per heavy atom. The van der Waals surface area contributed by atoms with Gasteiger partial charge in [-0.1, -0.05) is 12.1 Å². The highest BCUT2D eigenvalue weighted by Crippen LogP contribution is 2.46. The molecule has 23 heteroatoms. The maximum atomic E-state index is 12.5. The molecule has 1 fully saturated rings. The molecule has 22 nitrogen and oxygen atoms in total. The summed E-state index contributed by atoms with van der Waals surface area (Å²) < 4.78 is 32.0. The number of fused-ring (bicyclic) bond motifs is 1. The van der Waals surface area contributed by atoms with Crippen molar-refractivity contribution in [1.82, 2.24) is 19.9 Å². The smallest absolute Gasteiger partial charge is 0.473 e. The molecule has 1 unspecified atom stereocenters. The number of rotatable bonds is 20. The molecule has 1 aliphatic rings. The number of aromatic amines is 1. The van der Waals surface area contributed by atoms with Gasteiger partial charge in [0.25, 0.3) is 5.56 Å². The van der Waals surface area contributed by atoms with Crippen molar-refractivity contribution >= 4 is 42.6 Å². The average Bonchev–Trinajstić information content (AvgIpc) is 3.39. The van der Waals surface area contributed by atoms with Gasteiger partial charge in [-0.3, -0.25) is 23.6 Å². The third-order valence-electron chi connectivity index (χ3n) is 8.28. The molecule has 1 aliphatic heterocycles. The average molecular weight is 787 g/mol. The number of hydrogen-bond acceptors (Lipinski definition) is 18. The van der Waals surface area contributed by atoms with Crippen LogP contribution in [0.2, 0.25) is 0 Å². The number of ether oxygens (including phenoxy) is 2. The van der Waals surface area contributed by atoms with E-state index in [1.807, 2.05) is 6.92 Å². The third kappa shape index (κ3) is 11.2. The molecule has 1 aromatic carbocycles. The van der Waals surface area contributed by atoms with Gasteiger partial charge < -0.3 is 60.7 Å². The first-order valence-electron chi connectivity index (χ1n) is 16.5. The van der Waals surface area contributed by atoms with E-state index in [1.54, 1.807) is 38.2 Å². The highest BCUT2D eigenvalue weighted by atomic mass is 31.2. The Morgan fingerprint density at radius 3 is 2.37 bits per heavy atom. The maximum Gasteiger partial charge on any atom is 0.473 e. The topological polar surface area (TPSA) is 346 Å². The van der Waals surface area contributed by atoms with Crippen molar-refractivity contribution in [2.24, 2.45) is 0 Å². The zero-order chi connectivity index (χ0) is 39.9. The number of aryl methyl sites for hydroxylation is 1. The van der Waals surface area contributed by atoms with E-state index in [9.17, 15) is 49.4 Å². The van der Waals surface area contributed by atoms with Crippen LogP contribution >= 0.6 is 7.82 Å². The Kier molecular flexibility index (Phi) is 14.5. The summed E-state index contributed by atoms with van der Waals surface area (Å²) in [6, 6.07) is 6.43. The summed E-state index contributed by atoms with van der Waals surface area (Å²) >= 11 is 0. The number of aromatic nitrogens is 4. The number of nitrogens with zero attached hydrogens (tertiary/aromatic N) is 3. The summed E-state index contributed by atoms with van der Waals surface area (Å²) in [5.41, 5.74) is 2.21. The van der Waals surface area contributed by atoms with Gasteiger partial charge in [-0.2, -0.15) is 4.98 Å². The van der Waals surface area contributed by atoms with Gasteiger partial charge >= 0.3 is 19.8 Å². The molecule has 298 valence electrons. The predicted octanol–water partition coefficient (Wildman–Crippen LogP) is -1.22. The molecule has 0 spiro atoms. The molecular weight excluding hydrogens is 743 g/mol. The Balaban J connectivity index is 1.25. The third-order valence-corrected chi connectivity index (χ3v) is 9.27. The maximum absolute atomic E-state index is 12.5. The molecule has 0 radical (unpaired) electrons. The highest BCUT2D eigenvalue weighted by Gasteiger charge is 2.45. The first-order chi connectivity index (χ1) is 25.4. The molecule has 0 aliphatic carbocycles. The number of aliphatic hydroxyl groups is 5. The Labute approximate surface area is 306 Å². The molecule has 0 saturated carbocycles. The van der Waals surface area contributed by atoms with Crippen LogP contribution in [-0.4, -0.2) is 142 Å². The van der Waals surface area contributed by atoms with E-state index < -0.39 is 100 Å². The van der Waals surface area contributed by atoms with E-state index in [2.05, 4.69) is 39.6 Å². The van der Waals surface area contributed by atoms with Crippen LogP contribution < -0.4 is 16.2 Å². The second-order valence-electron chi connectivity index (χ2n) is 12.4. The van der Waals surface area contributed by atoms with Gasteiger partial charge in [-0.25, -0.2) is 19.3 Å². The lowest BCUT2D eigenvalue weighted by Crippen LogP contribution is -2.43. The summed E-state index contributed by atoms with van der Waals surface area (Å²) in [6.07, 6.45) is -14.9. The van der Waals surface area contributed by atoms with Gasteiger partial charge in [0.15, 0.2) is 23.6 Å². The van der Waals surface area contributed by atoms with Crippen molar-refractivity contribution in [3.8, 4) is 0 Å². The van der Waals surface area contributed by atoms with Crippen LogP contribution in [0.25, 0.3) is 11.2 Å². The fraction of sp³-hybridized carbons (Fsp3) is 0.548. The van der Waals surface area contributed by atoms with Gasteiger partial charge in [0.05, 0.1) is 36.7 Å². The predicted molar refractivity (Wildman–Crippen MR) is 184 cm³/mol. The quantitative estimate of drug-likeness (QED) is 0.0598. The normalized spacial score (nSPS) is 22.5. The number of nitrogens with one attached hydrogen (secondary N) is 3. The zero-order valence-corrected chi connectivity index (χ0v) is 30.1. The van der Waals surface area contributed by atoms with Crippen molar-refractivity contribution in [3.05, 3.63) is 51.6 Å². The number of carboxylic acid groups (broad SMARTS) is 2. The summed E-state index contributed by atoms with van der Waals surface area (Å²) in [6.45, 7) is 2.00. The van der Waals surface area contributed by atoms with Crippen molar-refractivity contribution in [1.29, 1.82) is 0 Å². The van der Waals surface area contributed by atoms with Gasteiger partial charge in [0.1, 0.15) is 30.5 Å². The van der Waals surface area contributed by atoms with Crippen LogP contribution in [0.15, 0.2) is 29.1 Å². The Bertz CT molecular complexity index is 1870. The number of aliphatic hydroxyl groups excluding tert-OH is 5. The molecule has 4 rings (SSSR count). The second-order valence-corrected chi connectivity index (χ2v) is 13.8. The molecule has 1 saturated heterocycles. The highest BCUT2D eigenvalue weighted by molar-refractivity contribution is 7.47. The van der Waals surface area contributed by atoms with Gasteiger partial charge in [-0.05, 0) is 38.0 Å². The van der Waals surface area contributed by atoms with E-state index in [1.165, 1.54) is 0 Å². The SMILES string of the molecule is CNc1nc2nc(C)c([C@@H](C)Nc3ccc(C[C@H](O)[C@H](O)[C@H](O)CO[C@H]4O[C@H](COP(=O)(O)O[C@@H](CCC(=O)O)C(=O)O)[C@@H](O)[C@H]4O)cc3)nc2c(=O)[nH]1. The molecule has 3 aromatic rings. The van der Waals surface area contributed by atoms with Crippen molar-refractivity contribution in [2.75, 3.05) is 30.9 Å². The molecular formula is C31H43N6O16P. The first-order valence-corrected chi connectivity index (χ1v) is 18.0. The van der Waals surface area contributed by atoms with E-state index in [0.29, 0.717) is 22.6 Å². The minimum atomic E-state index is -5.11. The van der Waals surface area contributed by atoms with E-state index >= 15 is 0 Å². The molecule has 11 N–H and O–H groups in total. The monoisotopic (exact) mass is 786 g/mol. The van der Waals surface area contributed by atoms with Crippen molar-refractivity contribution in [2.45, 2.75) is 88.2 Å². The number of aliphatic carboxylic acids is 2. The minimum absolute atomic E-state index is 0.0866. The lowest BCUT2D eigenvalue weighted by atomic mass is 10.0. The van der Waals surface area contributed by atoms with Gasteiger partial charge in [-0.15, -0.1) is 0 Å². The number of benzene rings is 1. The number of anilines is 2. The molecule has 54 heavy (non-hydrogen) atoms. The van der Waals surface area contributed by atoms with Crippen LogP contribution in [0.1, 0.15) is 42.8 Å². The van der Waals surface area contributed by atoms with Crippen LogP contribution in [0.4, 0.5) is 11.6 Å². The fourth-order valence-corrected chi connectivity index (χ4v) is 6.28. The summed E-state index contributed by atoms with van der Waals surface area (Å²) in [5, 5.41) is 76.1. The molecule has 0 amide bonds. The van der Waals surface area contributed by atoms with E-state index in [4.69, 9.17) is 19.7 Å². The van der Waals surface area contributed by atoms with Gasteiger partial charge in [0.2, 0.25) is 5.95 Å². The van der Waals surface area contributed by atoms with Crippen LogP contribution in [-0.2, 0) is 39.1 Å². The summed E-state index contributed by atoms with van der Waals surface area (Å²) in [4.78, 5) is 60.0. The number of carboxylic acids is 2. The fourth-order valence-electron chi connectivity index (χ4n) is 5.37. The van der Waals surface area contributed by atoms with Gasteiger partial charge in [0, 0.05) is 25.6 Å². The number of carbonyl (C=O) groups is 2. The summed E-state index contributed by atoms with van der Waals surface area (Å²) in [7, 11) is -3.50. The minimum Gasteiger partial charge on any atom is -0.481 e. The number of H-pyrrole nitrogens is 1. The molecule has 0 bridgehead atoms. The van der Waals surface area contributed by atoms with Crippen molar-refractivity contribution in [3.63, 3.8) is 0 Å². The van der Waals surface area contributed by atoms with Crippen LogP contribution in [0.3, 0.4) is 0 Å². The number of hydrogen-bond donors (Lipinski definition) is 11. The molecule has 2 aromatic heterocycles. The Morgan fingerprint density at radius 2 is 1.74 bits per heavy atom. The van der Waals surface area contributed by atoms with E-state index in [-0.39, 0.29) is 29.6 Å². The summed E-state index contributed by atoms with van der Waals surface area (Å²) in [5.74, 6) is -2.82. The standard InChI is InChI=1S/C31H43N6O16P/c1-13(22-14(2)34-27-23(35-22)28(45)37-31(32-3)36-27)33-16-6-4-15(5-7-16)10-17(38)24(42)18(39)11-50-30-26(44)25(43)20(52-30)12-51-54(48,49)53-19(29(46)47)8-9-21(40)41/h4-7,13,17-20,24-26,30,33,38-39,42-44H,8-12H2,1-3H3,(H,40,41)(H,46,47)(H,48,49)(H2,32,34,36,37,45)/t13-,17+,18-,19+,20-,24+,25-,26-,30+/m1/s1. The lowest BCUT2D eigenvalue weighted by Gasteiger charge is -2.25. The van der Waals surface area contributed by atoms with Crippen molar-refractivity contribution < 1.29 is 73.3 Å². The number of phosphoric acid groups is 1. The van der Waals surface area contributed by atoms with Crippen LogP contribution in [0, 0.1) is 6.92 Å². The molecule has 10 atom stereocenters. The lowest BCUT2D eigenvalue weighted by molar-refractivity contribution is -0.192. The second kappa shape index (κ2) is 18.4.